The molecule has 0 saturated heterocycles. The molecule has 0 aliphatic carbocycles. The van der Waals surface area contributed by atoms with Crippen molar-refractivity contribution in [2.24, 2.45) is 0 Å². The van der Waals surface area contributed by atoms with Crippen LogP contribution in [0.4, 0.5) is 11.8 Å². The Morgan fingerprint density at radius 1 is 1.17 bits per heavy atom. The number of carboxylic acid groups (broad SMARTS) is 1. The van der Waals surface area contributed by atoms with Crippen LogP contribution in [0.3, 0.4) is 0 Å². The zero-order valence-electron chi connectivity index (χ0n) is 13.6. The molecule has 0 spiro atoms. The molecular weight excluding hydrogens is 312 g/mol. The van der Waals surface area contributed by atoms with Crippen molar-refractivity contribution in [2.45, 2.75) is 20.3 Å². The average molecular weight is 332 g/mol. The van der Waals surface area contributed by atoms with E-state index in [1.807, 2.05) is 0 Å². The summed E-state index contributed by atoms with van der Waals surface area (Å²) in [6.07, 6.45) is 1.94. The van der Waals surface area contributed by atoms with Crippen LogP contribution in [0.2, 0.25) is 0 Å². The van der Waals surface area contributed by atoms with Gasteiger partial charge in [-0.2, -0.15) is 4.98 Å². The van der Waals surface area contributed by atoms with Crippen LogP contribution in [0.25, 0.3) is 0 Å². The maximum Gasteiger partial charge on any atom is 0.343 e. The van der Waals surface area contributed by atoms with Crippen molar-refractivity contribution in [1.82, 2.24) is 9.97 Å². The molecule has 0 radical (unpaired) electrons. The minimum absolute atomic E-state index is 0.00368. The zero-order valence-corrected chi connectivity index (χ0v) is 13.6. The molecule has 8 heteroatoms. The van der Waals surface area contributed by atoms with Gasteiger partial charge in [0, 0.05) is 18.2 Å². The van der Waals surface area contributed by atoms with E-state index < -0.39 is 5.97 Å². The summed E-state index contributed by atoms with van der Waals surface area (Å²) in [5.74, 6) is -0.228. The Hall–Kier alpha value is -3.03. The fraction of sp³-hybridized carbons (Fsp3) is 0.312. The number of carbonyl (C=O) groups is 1. The van der Waals surface area contributed by atoms with Crippen LogP contribution < -0.4 is 20.9 Å². The van der Waals surface area contributed by atoms with Gasteiger partial charge in [0.05, 0.1) is 13.2 Å². The third-order valence-electron chi connectivity index (χ3n) is 3.25. The molecule has 0 fully saturated rings. The Labute approximate surface area is 139 Å². The molecule has 0 saturated carbocycles. The number of aromatic nitrogens is 2. The molecule has 24 heavy (non-hydrogen) atoms. The number of carboxylic acids is 1. The fourth-order valence-corrected chi connectivity index (χ4v) is 2.29. The van der Waals surface area contributed by atoms with E-state index in [1.54, 1.807) is 32.2 Å². The van der Waals surface area contributed by atoms with Crippen LogP contribution in [0, 0.1) is 0 Å². The van der Waals surface area contributed by atoms with Crippen LogP contribution in [-0.4, -0.2) is 34.3 Å². The smallest absolute Gasteiger partial charge is 0.343 e. The summed E-state index contributed by atoms with van der Waals surface area (Å²) in [7, 11) is 0. The average Bonchev–Trinajstić information content (AvgIpc) is 2.50. The number of benzene rings is 1. The van der Waals surface area contributed by atoms with Gasteiger partial charge < -0.3 is 26.0 Å². The maximum absolute atomic E-state index is 11.5. The quantitative estimate of drug-likeness (QED) is 0.698. The molecule has 0 bridgehead atoms. The van der Waals surface area contributed by atoms with Gasteiger partial charge in [0.1, 0.15) is 22.9 Å². The van der Waals surface area contributed by atoms with E-state index in [0.29, 0.717) is 25.2 Å². The van der Waals surface area contributed by atoms with Crippen molar-refractivity contribution < 1.29 is 19.4 Å². The van der Waals surface area contributed by atoms with Gasteiger partial charge in [-0.05, 0) is 31.5 Å². The first-order chi connectivity index (χ1) is 11.5. The van der Waals surface area contributed by atoms with Gasteiger partial charge in [-0.25, -0.2) is 9.78 Å². The van der Waals surface area contributed by atoms with Gasteiger partial charge in [-0.15, -0.1) is 0 Å². The number of hydrogen-bond acceptors (Lipinski definition) is 7. The minimum atomic E-state index is -1.11. The Balaban J connectivity index is 2.47. The molecule has 0 aliphatic rings. The summed E-state index contributed by atoms with van der Waals surface area (Å²) in [5.41, 5.74) is 12.8. The Kier molecular flexibility index (Phi) is 5.41. The first-order valence-corrected chi connectivity index (χ1v) is 7.48. The number of rotatable bonds is 7. The summed E-state index contributed by atoms with van der Waals surface area (Å²) in [4.78, 5) is 19.4. The van der Waals surface area contributed by atoms with Gasteiger partial charge in [-0.3, -0.25) is 0 Å². The number of anilines is 2. The first-order valence-electron chi connectivity index (χ1n) is 7.48. The molecule has 2 aromatic rings. The van der Waals surface area contributed by atoms with Gasteiger partial charge in [-0.1, -0.05) is 0 Å². The lowest BCUT2D eigenvalue weighted by molar-refractivity contribution is 0.0688. The summed E-state index contributed by atoms with van der Waals surface area (Å²) < 4.78 is 10.9. The predicted octanol–water partition coefficient (Wildman–Crippen LogP) is 1.73. The summed E-state index contributed by atoms with van der Waals surface area (Å²) >= 11 is 0. The molecule has 5 N–H and O–H groups in total. The SMILES string of the molecule is CCOc1cc(Cc2cnc(N)nc2N)cc(OCC)c1C(=O)O. The zero-order chi connectivity index (χ0) is 17.7. The van der Waals surface area contributed by atoms with E-state index in [0.717, 1.165) is 5.56 Å². The highest BCUT2D eigenvalue weighted by Gasteiger charge is 2.20. The maximum atomic E-state index is 11.5. The van der Waals surface area contributed by atoms with Crippen molar-refractivity contribution in [3.63, 3.8) is 0 Å². The van der Waals surface area contributed by atoms with Gasteiger partial charge in [0.15, 0.2) is 0 Å². The van der Waals surface area contributed by atoms with Crippen LogP contribution >= 0.6 is 0 Å². The summed E-state index contributed by atoms with van der Waals surface area (Å²) in [5, 5.41) is 9.44. The van der Waals surface area contributed by atoms with E-state index in [2.05, 4.69) is 9.97 Å². The van der Waals surface area contributed by atoms with Crippen molar-refractivity contribution in [3.8, 4) is 11.5 Å². The number of nitrogens with zero attached hydrogens (tertiary/aromatic N) is 2. The second-order valence-electron chi connectivity index (χ2n) is 4.95. The number of ether oxygens (including phenoxy) is 2. The largest absolute Gasteiger partial charge is 0.493 e. The summed E-state index contributed by atoms with van der Waals surface area (Å²) in [6.45, 7) is 4.24. The number of aromatic carboxylic acids is 1. The monoisotopic (exact) mass is 332 g/mol. The molecule has 1 aromatic heterocycles. The Morgan fingerprint density at radius 3 is 2.21 bits per heavy atom. The third kappa shape index (κ3) is 3.83. The molecule has 0 atom stereocenters. The van der Waals surface area contributed by atoms with Crippen LogP contribution in [0.1, 0.15) is 35.3 Å². The van der Waals surface area contributed by atoms with Crippen LogP contribution in [0.15, 0.2) is 18.3 Å². The van der Waals surface area contributed by atoms with Crippen molar-refractivity contribution in [1.29, 1.82) is 0 Å². The lowest BCUT2D eigenvalue weighted by Gasteiger charge is -2.15. The van der Waals surface area contributed by atoms with E-state index in [4.69, 9.17) is 20.9 Å². The second kappa shape index (κ2) is 7.49. The second-order valence-corrected chi connectivity index (χ2v) is 4.95. The predicted molar refractivity (Wildman–Crippen MR) is 89.4 cm³/mol. The van der Waals surface area contributed by atoms with Crippen molar-refractivity contribution >= 4 is 17.7 Å². The molecular formula is C16H20N4O4. The molecule has 0 aliphatic heterocycles. The van der Waals surface area contributed by atoms with E-state index in [1.165, 1.54) is 0 Å². The minimum Gasteiger partial charge on any atom is -0.493 e. The lowest BCUT2D eigenvalue weighted by atomic mass is 10.0. The topological polar surface area (TPSA) is 134 Å². The Morgan fingerprint density at radius 2 is 1.75 bits per heavy atom. The van der Waals surface area contributed by atoms with Gasteiger partial charge in [0.2, 0.25) is 5.95 Å². The molecule has 128 valence electrons. The summed E-state index contributed by atoms with van der Waals surface area (Å²) in [6, 6.07) is 3.32. The highest BCUT2D eigenvalue weighted by Crippen LogP contribution is 2.32. The first kappa shape index (κ1) is 17.3. The van der Waals surface area contributed by atoms with Crippen LogP contribution in [-0.2, 0) is 6.42 Å². The van der Waals surface area contributed by atoms with Crippen molar-refractivity contribution in [3.05, 3.63) is 35.0 Å². The number of hydrogen-bond donors (Lipinski definition) is 3. The molecule has 8 nitrogen and oxygen atoms in total. The molecule has 1 aromatic carbocycles. The Bertz CT molecular complexity index is 722. The van der Waals surface area contributed by atoms with E-state index >= 15 is 0 Å². The molecule has 1 heterocycles. The molecule has 0 unspecified atom stereocenters. The molecule has 2 rings (SSSR count). The van der Waals surface area contributed by atoms with Gasteiger partial charge >= 0.3 is 5.97 Å². The van der Waals surface area contributed by atoms with Gasteiger partial charge in [0.25, 0.3) is 0 Å². The third-order valence-corrected chi connectivity index (χ3v) is 3.25. The fourth-order valence-electron chi connectivity index (χ4n) is 2.29. The molecule has 0 amide bonds. The highest BCUT2D eigenvalue weighted by molar-refractivity contribution is 5.94. The lowest BCUT2D eigenvalue weighted by Crippen LogP contribution is -2.09. The standard InChI is InChI=1S/C16H20N4O4/c1-3-23-11-6-9(5-10-8-19-16(18)20-14(10)17)7-12(24-4-2)13(11)15(21)22/h6-8H,3-5H2,1-2H3,(H,21,22)(H4,17,18,19,20). The van der Waals surface area contributed by atoms with E-state index in [9.17, 15) is 9.90 Å². The van der Waals surface area contributed by atoms with Crippen LogP contribution in [0.5, 0.6) is 11.5 Å². The normalized spacial score (nSPS) is 10.4. The number of nitrogen functional groups attached to an aromatic ring is 2. The number of nitrogens with two attached hydrogens (primary N) is 2. The van der Waals surface area contributed by atoms with E-state index in [-0.39, 0.29) is 28.8 Å². The highest BCUT2D eigenvalue weighted by atomic mass is 16.5. The van der Waals surface area contributed by atoms with Crippen molar-refractivity contribution in [2.75, 3.05) is 24.7 Å².